The molecule has 4 nitrogen and oxygen atoms in total. The van der Waals surface area contributed by atoms with Gasteiger partial charge >= 0.3 is 0 Å². The molecule has 0 aliphatic carbocycles. The molecule has 0 radical (unpaired) electrons. The molecule has 106 valence electrons. The third-order valence-electron chi connectivity index (χ3n) is 3.07. The van der Waals surface area contributed by atoms with Crippen molar-refractivity contribution in [2.24, 2.45) is 5.92 Å². The van der Waals surface area contributed by atoms with Crippen LogP contribution < -0.4 is 10.5 Å². The summed E-state index contributed by atoms with van der Waals surface area (Å²) in [5, 5.41) is 0. The quantitative estimate of drug-likeness (QED) is 0.930. The topological polar surface area (TPSA) is 49.0 Å². The molecule has 1 N–H and O–H groups in total. The lowest BCUT2D eigenvalue weighted by molar-refractivity contribution is 0.634. The number of nitrogens with zero attached hydrogens (tertiary/aromatic N) is 2. The smallest absolute Gasteiger partial charge is 0.251 e. The molecule has 1 aromatic carbocycles. The van der Waals surface area contributed by atoms with Crippen molar-refractivity contribution in [1.29, 1.82) is 0 Å². The van der Waals surface area contributed by atoms with Gasteiger partial charge in [-0.3, -0.25) is 4.79 Å². The third kappa shape index (κ3) is 3.47. The Morgan fingerprint density at radius 2 is 1.85 bits per heavy atom. The number of aromatic nitrogens is 2. The summed E-state index contributed by atoms with van der Waals surface area (Å²) < 4.78 is 0. The van der Waals surface area contributed by atoms with Gasteiger partial charge in [-0.2, -0.15) is 0 Å². The van der Waals surface area contributed by atoms with E-state index in [4.69, 9.17) is 0 Å². The summed E-state index contributed by atoms with van der Waals surface area (Å²) in [6, 6.07) is 9.58. The van der Waals surface area contributed by atoms with E-state index in [0.29, 0.717) is 11.7 Å². The molecule has 0 fully saturated rings. The summed E-state index contributed by atoms with van der Waals surface area (Å²) >= 11 is 0. The van der Waals surface area contributed by atoms with Crippen molar-refractivity contribution in [3.63, 3.8) is 0 Å². The molecule has 0 spiro atoms. The Morgan fingerprint density at radius 1 is 1.20 bits per heavy atom. The lowest BCUT2D eigenvalue weighted by atomic mass is 10.1. The SMILES string of the molecule is CC(C)Cc1cc(=O)[nH]c(-c2ccc(N(C)C)cc2)n1. The zero-order valence-electron chi connectivity index (χ0n) is 12.5. The fourth-order valence-corrected chi connectivity index (χ4v) is 2.08. The maximum absolute atomic E-state index is 11.7. The summed E-state index contributed by atoms with van der Waals surface area (Å²) in [4.78, 5) is 21.1. The zero-order valence-corrected chi connectivity index (χ0v) is 12.5. The van der Waals surface area contributed by atoms with Crippen LogP contribution in [0, 0.1) is 5.92 Å². The highest BCUT2D eigenvalue weighted by Gasteiger charge is 2.06. The van der Waals surface area contributed by atoms with Crippen LogP contribution >= 0.6 is 0 Å². The van der Waals surface area contributed by atoms with Gasteiger partial charge in [0, 0.05) is 37.1 Å². The molecule has 0 atom stereocenters. The van der Waals surface area contributed by atoms with Gasteiger partial charge < -0.3 is 9.88 Å². The van der Waals surface area contributed by atoms with E-state index >= 15 is 0 Å². The Balaban J connectivity index is 2.36. The van der Waals surface area contributed by atoms with Crippen LogP contribution in [-0.2, 0) is 6.42 Å². The molecule has 2 rings (SSSR count). The van der Waals surface area contributed by atoms with Gasteiger partial charge in [0.25, 0.3) is 5.56 Å². The van der Waals surface area contributed by atoms with Crippen molar-refractivity contribution in [1.82, 2.24) is 9.97 Å². The monoisotopic (exact) mass is 271 g/mol. The molecule has 0 bridgehead atoms. The fraction of sp³-hybridized carbons (Fsp3) is 0.375. The molecular formula is C16H21N3O. The van der Waals surface area contributed by atoms with Crippen LogP contribution in [0.15, 0.2) is 35.1 Å². The highest BCUT2D eigenvalue weighted by Crippen LogP contribution is 2.19. The van der Waals surface area contributed by atoms with E-state index in [9.17, 15) is 4.79 Å². The Kier molecular flexibility index (Phi) is 4.23. The molecular weight excluding hydrogens is 250 g/mol. The molecule has 0 aliphatic heterocycles. The van der Waals surface area contributed by atoms with Crippen LogP contribution in [0.5, 0.6) is 0 Å². The second kappa shape index (κ2) is 5.90. The summed E-state index contributed by atoms with van der Waals surface area (Å²) in [7, 11) is 4.00. The van der Waals surface area contributed by atoms with E-state index in [-0.39, 0.29) is 5.56 Å². The number of H-pyrrole nitrogens is 1. The average molecular weight is 271 g/mol. The van der Waals surface area contributed by atoms with E-state index in [0.717, 1.165) is 23.4 Å². The molecule has 0 unspecified atom stereocenters. The normalized spacial score (nSPS) is 10.8. The Labute approximate surface area is 119 Å². The van der Waals surface area contributed by atoms with Crippen LogP contribution in [0.2, 0.25) is 0 Å². The highest BCUT2D eigenvalue weighted by atomic mass is 16.1. The van der Waals surface area contributed by atoms with Crippen molar-refractivity contribution in [3.8, 4) is 11.4 Å². The molecule has 1 heterocycles. The van der Waals surface area contributed by atoms with Crippen molar-refractivity contribution >= 4 is 5.69 Å². The minimum atomic E-state index is -0.0951. The van der Waals surface area contributed by atoms with Gasteiger partial charge in [-0.25, -0.2) is 4.98 Å². The first-order chi connectivity index (χ1) is 9.45. The van der Waals surface area contributed by atoms with Gasteiger partial charge in [0.05, 0.1) is 0 Å². The first kappa shape index (κ1) is 14.3. The molecule has 2 aromatic rings. The maximum atomic E-state index is 11.7. The Morgan fingerprint density at radius 3 is 2.40 bits per heavy atom. The number of rotatable bonds is 4. The Hall–Kier alpha value is -2.10. The number of aromatic amines is 1. The fourth-order valence-electron chi connectivity index (χ4n) is 2.08. The van der Waals surface area contributed by atoms with Crippen LogP contribution in [-0.4, -0.2) is 24.1 Å². The summed E-state index contributed by atoms with van der Waals surface area (Å²) in [6.07, 6.45) is 0.812. The summed E-state index contributed by atoms with van der Waals surface area (Å²) in [5.74, 6) is 1.12. The molecule has 4 heteroatoms. The minimum Gasteiger partial charge on any atom is -0.378 e. The predicted molar refractivity (Wildman–Crippen MR) is 83.2 cm³/mol. The lowest BCUT2D eigenvalue weighted by Crippen LogP contribution is -2.12. The lowest BCUT2D eigenvalue weighted by Gasteiger charge is -2.12. The van der Waals surface area contributed by atoms with Gasteiger partial charge in [-0.1, -0.05) is 13.8 Å². The van der Waals surface area contributed by atoms with Crippen molar-refractivity contribution in [3.05, 3.63) is 46.4 Å². The number of benzene rings is 1. The van der Waals surface area contributed by atoms with E-state index in [1.54, 1.807) is 6.07 Å². The van der Waals surface area contributed by atoms with Crippen molar-refractivity contribution < 1.29 is 0 Å². The molecule has 0 amide bonds. The molecule has 20 heavy (non-hydrogen) atoms. The predicted octanol–water partition coefficient (Wildman–Crippen LogP) is 2.70. The van der Waals surface area contributed by atoms with Gasteiger partial charge in [0.15, 0.2) is 0 Å². The van der Waals surface area contributed by atoms with E-state index in [1.807, 2.05) is 43.3 Å². The van der Waals surface area contributed by atoms with Gasteiger partial charge in [-0.15, -0.1) is 0 Å². The molecule has 0 aliphatic rings. The maximum Gasteiger partial charge on any atom is 0.251 e. The van der Waals surface area contributed by atoms with Crippen LogP contribution in [0.3, 0.4) is 0 Å². The molecule has 0 saturated heterocycles. The van der Waals surface area contributed by atoms with E-state index in [2.05, 4.69) is 23.8 Å². The standard InChI is InChI=1S/C16H21N3O/c1-11(2)9-13-10-15(20)18-16(17-13)12-5-7-14(8-6-12)19(3)4/h5-8,10-11H,9H2,1-4H3,(H,17,18,20). The van der Waals surface area contributed by atoms with Gasteiger partial charge in [0.2, 0.25) is 0 Å². The highest BCUT2D eigenvalue weighted by molar-refractivity contribution is 5.60. The molecule has 1 aromatic heterocycles. The second-order valence-corrected chi connectivity index (χ2v) is 5.62. The third-order valence-corrected chi connectivity index (χ3v) is 3.07. The second-order valence-electron chi connectivity index (χ2n) is 5.62. The van der Waals surface area contributed by atoms with Crippen molar-refractivity contribution in [2.45, 2.75) is 20.3 Å². The van der Waals surface area contributed by atoms with E-state index in [1.165, 1.54) is 0 Å². The van der Waals surface area contributed by atoms with Gasteiger partial charge in [-0.05, 0) is 36.6 Å². The minimum absolute atomic E-state index is 0.0951. The Bertz CT molecular complexity index is 627. The first-order valence-corrected chi connectivity index (χ1v) is 6.83. The van der Waals surface area contributed by atoms with Crippen LogP contribution in [0.4, 0.5) is 5.69 Å². The van der Waals surface area contributed by atoms with Crippen LogP contribution in [0.1, 0.15) is 19.5 Å². The first-order valence-electron chi connectivity index (χ1n) is 6.83. The number of nitrogens with one attached hydrogen (secondary N) is 1. The number of anilines is 1. The molecule has 0 saturated carbocycles. The summed E-state index contributed by atoms with van der Waals surface area (Å²) in [5.41, 5.74) is 2.80. The number of hydrogen-bond acceptors (Lipinski definition) is 3. The summed E-state index contributed by atoms with van der Waals surface area (Å²) in [6.45, 7) is 4.24. The van der Waals surface area contributed by atoms with E-state index < -0.39 is 0 Å². The largest absolute Gasteiger partial charge is 0.378 e. The zero-order chi connectivity index (χ0) is 14.7. The van der Waals surface area contributed by atoms with Crippen LogP contribution in [0.25, 0.3) is 11.4 Å². The number of hydrogen-bond donors (Lipinski definition) is 1. The van der Waals surface area contributed by atoms with Crippen molar-refractivity contribution in [2.75, 3.05) is 19.0 Å². The average Bonchev–Trinajstić information content (AvgIpc) is 2.37. The van der Waals surface area contributed by atoms with Gasteiger partial charge in [0.1, 0.15) is 5.82 Å².